The molecule has 0 spiro atoms. The summed E-state index contributed by atoms with van der Waals surface area (Å²) in [5.41, 5.74) is -0.611. The largest absolute Gasteiger partial charge is 0.402 e. The van der Waals surface area contributed by atoms with Crippen LogP contribution in [0.5, 0.6) is 0 Å². The van der Waals surface area contributed by atoms with Crippen LogP contribution in [0.4, 0.5) is 13.2 Å². The third kappa shape index (κ3) is 2.24. The predicted molar refractivity (Wildman–Crippen MR) is 77.7 cm³/mol. The van der Waals surface area contributed by atoms with E-state index in [0.717, 1.165) is 5.56 Å². The number of rotatable bonds is 1. The number of hydrogen-bond donors (Lipinski definition) is 0. The smallest absolute Gasteiger partial charge is 0.170 e. The van der Waals surface area contributed by atoms with Gasteiger partial charge in [-0.3, -0.25) is 0 Å². The van der Waals surface area contributed by atoms with Crippen molar-refractivity contribution in [1.82, 2.24) is 0 Å². The molecule has 0 bridgehead atoms. The van der Waals surface area contributed by atoms with Gasteiger partial charge in [0.2, 0.25) is 0 Å². The normalized spacial score (nSPS) is 21.9. The quantitative estimate of drug-likeness (QED) is 0.650. The van der Waals surface area contributed by atoms with E-state index in [9.17, 15) is 13.2 Å². The lowest BCUT2D eigenvalue weighted by Gasteiger charge is -2.41. The molecule has 21 heavy (non-hydrogen) atoms. The van der Waals surface area contributed by atoms with Gasteiger partial charge in [-0.1, -0.05) is 48.0 Å². The van der Waals surface area contributed by atoms with Gasteiger partial charge in [-0.25, -0.2) is 0 Å². The molecular weight excluding hydrogens is 297 g/mol. The molecule has 0 nitrogen and oxygen atoms in total. The van der Waals surface area contributed by atoms with Crippen molar-refractivity contribution in [2.24, 2.45) is 0 Å². The summed E-state index contributed by atoms with van der Waals surface area (Å²) in [6, 6.07) is 13.0. The van der Waals surface area contributed by atoms with E-state index in [-0.39, 0.29) is 6.42 Å². The minimum Gasteiger partial charge on any atom is -0.170 e. The first-order valence-corrected chi connectivity index (χ1v) is 7.24. The Morgan fingerprint density at radius 2 is 1.71 bits per heavy atom. The lowest BCUT2D eigenvalue weighted by atomic mass is 9.65. The standard InChI is InChI=1S/C17H14ClF3/c18-14-9-8-12-5-4-10-16(15(12)11-14,17(19,20)21)13-6-2-1-3-7-13/h1-3,6-9,11H,4-5,10H2. The Labute approximate surface area is 126 Å². The molecule has 1 unspecified atom stereocenters. The van der Waals surface area contributed by atoms with Gasteiger partial charge >= 0.3 is 6.18 Å². The monoisotopic (exact) mass is 310 g/mol. The van der Waals surface area contributed by atoms with Crippen LogP contribution in [0.1, 0.15) is 29.5 Å². The summed E-state index contributed by atoms with van der Waals surface area (Å²) in [6.45, 7) is 0. The summed E-state index contributed by atoms with van der Waals surface area (Å²) < 4.78 is 42.1. The van der Waals surface area contributed by atoms with Gasteiger partial charge in [-0.2, -0.15) is 13.2 Å². The van der Waals surface area contributed by atoms with Gasteiger partial charge in [0.05, 0.1) is 0 Å². The molecule has 2 aromatic carbocycles. The highest BCUT2D eigenvalue weighted by atomic mass is 35.5. The molecule has 4 heteroatoms. The highest BCUT2D eigenvalue weighted by Gasteiger charge is 2.58. The Bertz CT molecular complexity index is 649. The molecule has 1 aliphatic carbocycles. The lowest BCUT2D eigenvalue weighted by molar-refractivity contribution is -0.182. The summed E-state index contributed by atoms with van der Waals surface area (Å²) in [4.78, 5) is 0. The second kappa shape index (κ2) is 5.06. The molecule has 1 aliphatic rings. The van der Waals surface area contributed by atoms with E-state index < -0.39 is 11.6 Å². The second-order valence-electron chi connectivity index (χ2n) is 5.42. The molecule has 0 saturated heterocycles. The third-order valence-electron chi connectivity index (χ3n) is 4.28. The first kappa shape index (κ1) is 14.5. The van der Waals surface area contributed by atoms with Gasteiger partial charge in [0, 0.05) is 5.02 Å². The second-order valence-corrected chi connectivity index (χ2v) is 5.86. The van der Waals surface area contributed by atoms with Crippen molar-refractivity contribution in [2.75, 3.05) is 0 Å². The maximum atomic E-state index is 14.0. The molecule has 0 heterocycles. The average Bonchev–Trinajstić information content (AvgIpc) is 2.46. The Morgan fingerprint density at radius 3 is 2.38 bits per heavy atom. The van der Waals surface area contributed by atoms with Gasteiger partial charge in [-0.05, 0) is 48.1 Å². The number of aryl methyl sites for hydroxylation is 1. The van der Waals surface area contributed by atoms with E-state index in [0.29, 0.717) is 29.0 Å². The zero-order valence-electron chi connectivity index (χ0n) is 11.3. The number of alkyl halides is 3. The fourth-order valence-corrected chi connectivity index (χ4v) is 3.50. The first-order valence-electron chi connectivity index (χ1n) is 6.86. The molecule has 0 fully saturated rings. The van der Waals surface area contributed by atoms with Crippen LogP contribution in [0, 0.1) is 0 Å². The Morgan fingerprint density at radius 1 is 1.00 bits per heavy atom. The van der Waals surface area contributed by atoms with Gasteiger partial charge in [0.25, 0.3) is 0 Å². The summed E-state index contributed by atoms with van der Waals surface area (Å²) >= 11 is 5.97. The molecule has 3 rings (SSSR count). The van der Waals surface area contributed by atoms with Crippen molar-refractivity contribution in [2.45, 2.75) is 30.9 Å². The molecule has 0 amide bonds. The van der Waals surface area contributed by atoms with Crippen molar-refractivity contribution < 1.29 is 13.2 Å². The summed E-state index contributed by atoms with van der Waals surface area (Å²) in [5.74, 6) is 0. The average molecular weight is 311 g/mol. The zero-order chi connectivity index (χ0) is 15.1. The van der Waals surface area contributed by atoms with Gasteiger partial charge in [0.15, 0.2) is 0 Å². The molecular formula is C17H14ClF3. The summed E-state index contributed by atoms with van der Waals surface area (Å²) in [5, 5.41) is 0.347. The Kier molecular flexibility index (Phi) is 3.48. The Hall–Kier alpha value is -1.48. The minimum absolute atomic E-state index is 0.0633. The number of halogens is 4. The van der Waals surface area contributed by atoms with E-state index >= 15 is 0 Å². The fraction of sp³-hybridized carbons (Fsp3) is 0.294. The SMILES string of the molecule is FC(F)(F)C1(c2ccccc2)CCCc2ccc(Cl)cc21. The minimum atomic E-state index is -4.35. The molecule has 0 N–H and O–H groups in total. The third-order valence-corrected chi connectivity index (χ3v) is 4.52. The first-order chi connectivity index (χ1) is 9.95. The zero-order valence-corrected chi connectivity index (χ0v) is 12.0. The van der Waals surface area contributed by atoms with Crippen LogP contribution in [0.25, 0.3) is 0 Å². The van der Waals surface area contributed by atoms with Crippen molar-refractivity contribution in [3.63, 3.8) is 0 Å². The lowest BCUT2D eigenvalue weighted by Crippen LogP contribution is -2.46. The van der Waals surface area contributed by atoms with Crippen molar-refractivity contribution in [3.8, 4) is 0 Å². The molecule has 1 atom stereocenters. The van der Waals surface area contributed by atoms with Gasteiger partial charge < -0.3 is 0 Å². The van der Waals surface area contributed by atoms with Crippen molar-refractivity contribution in [1.29, 1.82) is 0 Å². The van der Waals surface area contributed by atoms with E-state index in [1.165, 1.54) is 6.07 Å². The molecule has 0 saturated carbocycles. The van der Waals surface area contributed by atoms with E-state index in [1.54, 1.807) is 42.5 Å². The van der Waals surface area contributed by atoms with Crippen LogP contribution in [0.2, 0.25) is 5.02 Å². The topological polar surface area (TPSA) is 0 Å². The molecule has 0 radical (unpaired) electrons. The molecule has 0 aliphatic heterocycles. The summed E-state index contributed by atoms with van der Waals surface area (Å²) in [6.07, 6.45) is -3.11. The van der Waals surface area contributed by atoms with Gasteiger partial charge in [-0.15, -0.1) is 0 Å². The van der Waals surface area contributed by atoms with E-state index in [2.05, 4.69) is 0 Å². The Balaban J connectivity index is 2.32. The maximum Gasteiger partial charge on any atom is 0.402 e. The van der Waals surface area contributed by atoms with Crippen molar-refractivity contribution in [3.05, 3.63) is 70.2 Å². The summed E-state index contributed by atoms with van der Waals surface area (Å²) in [7, 11) is 0. The molecule has 110 valence electrons. The van der Waals surface area contributed by atoms with Crippen LogP contribution in [-0.4, -0.2) is 6.18 Å². The van der Waals surface area contributed by atoms with Crippen LogP contribution < -0.4 is 0 Å². The van der Waals surface area contributed by atoms with Gasteiger partial charge in [0.1, 0.15) is 5.41 Å². The van der Waals surface area contributed by atoms with Crippen LogP contribution >= 0.6 is 11.6 Å². The molecule has 0 aromatic heterocycles. The number of fused-ring (bicyclic) bond motifs is 1. The van der Waals surface area contributed by atoms with E-state index in [4.69, 9.17) is 11.6 Å². The number of benzene rings is 2. The van der Waals surface area contributed by atoms with Crippen LogP contribution in [-0.2, 0) is 11.8 Å². The van der Waals surface area contributed by atoms with E-state index in [1.807, 2.05) is 0 Å². The predicted octanol–water partition coefficient (Wildman–Crippen LogP) is 5.52. The molecule has 2 aromatic rings. The fourth-order valence-electron chi connectivity index (χ4n) is 3.32. The van der Waals surface area contributed by atoms with Crippen LogP contribution in [0.3, 0.4) is 0 Å². The highest BCUT2D eigenvalue weighted by Crippen LogP contribution is 2.53. The maximum absolute atomic E-state index is 14.0. The van der Waals surface area contributed by atoms with Crippen molar-refractivity contribution >= 4 is 11.6 Å². The number of hydrogen-bond acceptors (Lipinski definition) is 0. The van der Waals surface area contributed by atoms with Crippen LogP contribution in [0.15, 0.2) is 48.5 Å². The highest BCUT2D eigenvalue weighted by molar-refractivity contribution is 6.30.